The molecular formula is C10H15N3OS. The fraction of sp³-hybridized carbons (Fsp3) is 0.400. The van der Waals surface area contributed by atoms with Crippen LogP contribution in [0.1, 0.15) is 25.8 Å². The number of nitrogens with two attached hydrogens (primary N) is 1. The monoisotopic (exact) mass is 225 g/mol. The minimum atomic E-state index is 0.114. The van der Waals surface area contributed by atoms with E-state index < -0.39 is 0 Å². The summed E-state index contributed by atoms with van der Waals surface area (Å²) in [6.07, 6.45) is 2.75. The Labute approximate surface area is 93.6 Å². The molecular weight excluding hydrogens is 210 g/mol. The number of hydrogen-bond donors (Lipinski definition) is 2. The molecule has 1 aromatic heterocycles. The largest absolute Gasteiger partial charge is 0.409 e. The summed E-state index contributed by atoms with van der Waals surface area (Å²) in [7, 11) is 0. The van der Waals surface area contributed by atoms with E-state index in [1.165, 1.54) is 0 Å². The van der Waals surface area contributed by atoms with Crippen LogP contribution in [0.15, 0.2) is 28.5 Å². The van der Waals surface area contributed by atoms with Crippen LogP contribution in [0, 0.1) is 0 Å². The first-order chi connectivity index (χ1) is 7.17. The molecule has 0 radical (unpaired) electrons. The van der Waals surface area contributed by atoms with Gasteiger partial charge < -0.3 is 10.9 Å². The Hall–Kier alpha value is -1.23. The Kier molecular flexibility index (Phi) is 4.42. The van der Waals surface area contributed by atoms with Gasteiger partial charge in [0.2, 0.25) is 0 Å². The van der Waals surface area contributed by atoms with Gasteiger partial charge in [-0.3, -0.25) is 0 Å². The van der Waals surface area contributed by atoms with Crippen LogP contribution in [0.2, 0.25) is 0 Å². The number of nitrogens with zero attached hydrogens (tertiary/aromatic N) is 2. The van der Waals surface area contributed by atoms with E-state index in [-0.39, 0.29) is 5.84 Å². The van der Waals surface area contributed by atoms with Crippen molar-refractivity contribution in [3.05, 3.63) is 23.9 Å². The highest BCUT2D eigenvalue weighted by molar-refractivity contribution is 7.99. The summed E-state index contributed by atoms with van der Waals surface area (Å²) in [5.41, 5.74) is 6.18. The van der Waals surface area contributed by atoms with Crippen LogP contribution in [-0.2, 0) is 0 Å². The molecule has 3 N–H and O–H groups in total. The molecule has 0 aromatic carbocycles. The first-order valence-electron chi connectivity index (χ1n) is 4.78. The van der Waals surface area contributed by atoms with Crippen LogP contribution < -0.4 is 5.73 Å². The number of amidine groups is 1. The standard InChI is InChI=1S/C10H15N3OS/c1-3-7(2)15-9-6-8(4-5-12-9)10(11)13-14/h4-7,14H,3H2,1-2H3,(H2,11,13). The summed E-state index contributed by atoms with van der Waals surface area (Å²) in [5.74, 6) is 0.114. The lowest BCUT2D eigenvalue weighted by atomic mass is 10.2. The second kappa shape index (κ2) is 5.60. The van der Waals surface area contributed by atoms with Crippen LogP contribution in [0.3, 0.4) is 0 Å². The topological polar surface area (TPSA) is 71.5 Å². The number of hydrogen-bond acceptors (Lipinski definition) is 4. The van der Waals surface area contributed by atoms with Gasteiger partial charge in [0.05, 0.1) is 5.03 Å². The lowest BCUT2D eigenvalue weighted by Crippen LogP contribution is -2.13. The lowest BCUT2D eigenvalue weighted by Gasteiger charge is -2.07. The van der Waals surface area contributed by atoms with Gasteiger partial charge in [0.1, 0.15) is 0 Å². The maximum absolute atomic E-state index is 8.54. The predicted octanol–water partition coefficient (Wildman–Crippen LogP) is 2.07. The van der Waals surface area contributed by atoms with Gasteiger partial charge in [0, 0.05) is 17.0 Å². The highest BCUT2D eigenvalue weighted by atomic mass is 32.2. The van der Waals surface area contributed by atoms with Crippen molar-refractivity contribution in [1.29, 1.82) is 0 Å². The van der Waals surface area contributed by atoms with E-state index in [1.54, 1.807) is 24.0 Å². The van der Waals surface area contributed by atoms with Gasteiger partial charge in [0.25, 0.3) is 0 Å². The van der Waals surface area contributed by atoms with Gasteiger partial charge in [-0.2, -0.15) is 0 Å². The Morgan fingerprint density at radius 3 is 3.07 bits per heavy atom. The molecule has 0 saturated heterocycles. The lowest BCUT2D eigenvalue weighted by molar-refractivity contribution is 0.318. The van der Waals surface area contributed by atoms with Crippen LogP contribution in [0.5, 0.6) is 0 Å². The normalized spacial score (nSPS) is 13.9. The average molecular weight is 225 g/mol. The molecule has 4 nitrogen and oxygen atoms in total. The summed E-state index contributed by atoms with van der Waals surface area (Å²) in [4.78, 5) is 4.21. The van der Waals surface area contributed by atoms with Gasteiger partial charge in [-0.25, -0.2) is 4.98 Å². The van der Waals surface area contributed by atoms with Crippen molar-refractivity contribution in [3.63, 3.8) is 0 Å². The predicted molar refractivity (Wildman–Crippen MR) is 62.4 cm³/mol. The SMILES string of the molecule is CCC(C)Sc1cc(/C(N)=N/O)ccn1. The first-order valence-corrected chi connectivity index (χ1v) is 5.66. The molecule has 0 aliphatic heterocycles. The van der Waals surface area contributed by atoms with Crippen LogP contribution in [0.4, 0.5) is 0 Å². The molecule has 1 rings (SSSR count). The molecule has 15 heavy (non-hydrogen) atoms. The van der Waals surface area contributed by atoms with Crippen molar-refractivity contribution in [3.8, 4) is 0 Å². The maximum atomic E-state index is 8.54. The Balaban J connectivity index is 2.83. The van der Waals surface area contributed by atoms with Gasteiger partial charge >= 0.3 is 0 Å². The molecule has 0 spiro atoms. The molecule has 0 aliphatic carbocycles. The summed E-state index contributed by atoms with van der Waals surface area (Å²) in [6.45, 7) is 4.27. The molecule has 1 unspecified atom stereocenters. The van der Waals surface area contributed by atoms with E-state index in [1.807, 2.05) is 6.07 Å². The molecule has 1 heterocycles. The Bertz CT molecular complexity index is 354. The molecule has 0 fully saturated rings. The van der Waals surface area contributed by atoms with E-state index >= 15 is 0 Å². The summed E-state index contributed by atoms with van der Waals surface area (Å²) in [6, 6.07) is 3.54. The van der Waals surface area contributed by atoms with Gasteiger partial charge in [-0.1, -0.05) is 19.0 Å². The third-order valence-corrected chi connectivity index (χ3v) is 3.24. The van der Waals surface area contributed by atoms with E-state index in [4.69, 9.17) is 10.9 Å². The van der Waals surface area contributed by atoms with Gasteiger partial charge in [0.15, 0.2) is 5.84 Å². The number of oxime groups is 1. The second-order valence-electron chi connectivity index (χ2n) is 3.20. The van der Waals surface area contributed by atoms with Crippen molar-refractivity contribution >= 4 is 17.6 Å². The molecule has 5 heteroatoms. The third-order valence-electron chi connectivity index (χ3n) is 2.04. The van der Waals surface area contributed by atoms with Crippen molar-refractivity contribution in [2.24, 2.45) is 10.9 Å². The number of thioether (sulfide) groups is 1. The maximum Gasteiger partial charge on any atom is 0.170 e. The van der Waals surface area contributed by atoms with Crippen LogP contribution >= 0.6 is 11.8 Å². The summed E-state index contributed by atoms with van der Waals surface area (Å²) < 4.78 is 0. The van der Waals surface area contributed by atoms with E-state index in [2.05, 4.69) is 24.0 Å². The fourth-order valence-corrected chi connectivity index (χ4v) is 1.88. The second-order valence-corrected chi connectivity index (χ2v) is 4.66. The number of aromatic nitrogens is 1. The number of rotatable bonds is 4. The van der Waals surface area contributed by atoms with Crippen molar-refractivity contribution in [2.45, 2.75) is 30.5 Å². The summed E-state index contributed by atoms with van der Waals surface area (Å²) >= 11 is 1.68. The quantitative estimate of drug-likeness (QED) is 0.270. The van der Waals surface area contributed by atoms with E-state index in [9.17, 15) is 0 Å². The fourth-order valence-electron chi connectivity index (χ4n) is 0.980. The highest BCUT2D eigenvalue weighted by Gasteiger charge is 2.05. The zero-order valence-corrected chi connectivity index (χ0v) is 9.66. The van der Waals surface area contributed by atoms with Crippen molar-refractivity contribution in [2.75, 3.05) is 0 Å². The van der Waals surface area contributed by atoms with Gasteiger partial charge in [-0.05, 0) is 18.6 Å². The molecule has 0 aliphatic rings. The average Bonchev–Trinajstić information content (AvgIpc) is 2.28. The zero-order chi connectivity index (χ0) is 11.3. The minimum absolute atomic E-state index is 0.114. The van der Waals surface area contributed by atoms with Gasteiger partial charge in [-0.15, -0.1) is 11.8 Å². The zero-order valence-electron chi connectivity index (χ0n) is 8.84. The molecule has 82 valence electrons. The van der Waals surface area contributed by atoms with E-state index in [0.717, 1.165) is 11.4 Å². The highest BCUT2D eigenvalue weighted by Crippen LogP contribution is 2.23. The Morgan fingerprint density at radius 1 is 1.73 bits per heavy atom. The summed E-state index contributed by atoms with van der Waals surface area (Å²) in [5, 5.41) is 12.9. The molecule has 1 atom stereocenters. The van der Waals surface area contributed by atoms with Crippen LogP contribution in [-0.4, -0.2) is 21.3 Å². The molecule has 0 bridgehead atoms. The van der Waals surface area contributed by atoms with Crippen molar-refractivity contribution < 1.29 is 5.21 Å². The van der Waals surface area contributed by atoms with E-state index in [0.29, 0.717) is 10.8 Å². The minimum Gasteiger partial charge on any atom is -0.409 e. The molecule has 0 saturated carbocycles. The molecule has 1 aromatic rings. The third kappa shape index (κ3) is 3.43. The van der Waals surface area contributed by atoms with Crippen molar-refractivity contribution in [1.82, 2.24) is 4.98 Å². The first kappa shape index (κ1) is 11.8. The number of pyridine rings is 1. The Morgan fingerprint density at radius 2 is 2.47 bits per heavy atom. The smallest absolute Gasteiger partial charge is 0.170 e. The van der Waals surface area contributed by atoms with Crippen LogP contribution in [0.25, 0.3) is 0 Å². The molecule has 0 amide bonds.